The molecule has 0 heterocycles. The van der Waals surface area contributed by atoms with Gasteiger partial charge in [0.15, 0.2) is 0 Å². The lowest BCUT2D eigenvalue weighted by Crippen LogP contribution is -2.45. The summed E-state index contributed by atoms with van der Waals surface area (Å²) in [5, 5.41) is 26.2. The minimum Gasteiger partial charge on any atom is -0.370 e. The Kier molecular flexibility index (Phi) is 4.45. The molecule has 0 aliphatic rings. The zero-order valence-electron chi connectivity index (χ0n) is 13.3. The summed E-state index contributed by atoms with van der Waals surface area (Å²) in [5.74, 6) is -0.841. The van der Waals surface area contributed by atoms with E-state index in [1.165, 1.54) is 12.1 Å². The van der Waals surface area contributed by atoms with Gasteiger partial charge in [-0.1, -0.05) is 66.7 Å². The number of fused-ring (bicyclic) bond motifs is 1. The van der Waals surface area contributed by atoms with E-state index in [1.807, 2.05) is 30.3 Å². The van der Waals surface area contributed by atoms with E-state index in [4.69, 9.17) is 0 Å². The van der Waals surface area contributed by atoms with Crippen LogP contribution in [0.15, 0.2) is 72.8 Å². The maximum atomic E-state index is 12.7. The molecule has 0 bridgehead atoms. The maximum Gasteiger partial charge on any atom is 0.268 e. The molecule has 1 amide bonds. The van der Waals surface area contributed by atoms with Crippen molar-refractivity contribution in [1.82, 2.24) is 0 Å². The number of hydrogen-bond acceptors (Lipinski definition) is 4. The lowest BCUT2D eigenvalue weighted by molar-refractivity contribution is -0.498. The fourth-order valence-corrected chi connectivity index (χ4v) is 2.76. The zero-order valence-corrected chi connectivity index (χ0v) is 13.3. The summed E-state index contributed by atoms with van der Waals surface area (Å²) in [6.45, 7) is -0.923. The van der Waals surface area contributed by atoms with Gasteiger partial charge in [0, 0.05) is 16.0 Å². The molecule has 6 nitrogen and oxygen atoms in total. The second kappa shape index (κ2) is 6.70. The van der Waals surface area contributed by atoms with E-state index in [9.17, 15) is 20.0 Å². The predicted molar refractivity (Wildman–Crippen MR) is 94.8 cm³/mol. The van der Waals surface area contributed by atoms with E-state index in [0.717, 1.165) is 10.8 Å². The van der Waals surface area contributed by atoms with Gasteiger partial charge in [0.1, 0.15) is 0 Å². The fraction of sp³-hybridized carbons (Fsp3) is 0.105. The van der Waals surface area contributed by atoms with Crippen molar-refractivity contribution in [3.8, 4) is 0 Å². The Bertz CT molecular complexity index is 922. The molecule has 0 saturated heterocycles. The molecule has 0 radical (unpaired) electrons. The third kappa shape index (κ3) is 3.34. The third-order valence-corrected chi connectivity index (χ3v) is 4.02. The Hall–Kier alpha value is -3.25. The van der Waals surface area contributed by atoms with Crippen molar-refractivity contribution in [1.29, 1.82) is 0 Å². The van der Waals surface area contributed by atoms with E-state index < -0.39 is 23.0 Å². The first-order valence-electron chi connectivity index (χ1n) is 7.69. The van der Waals surface area contributed by atoms with Crippen LogP contribution in [-0.2, 0) is 10.4 Å². The van der Waals surface area contributed by atoms with Crippen molar-refractivity contribution in [3.05, 3.63) is 88.5 Å². The van der Waals surface area contributed by atoms with Crippen LogP contribution in [0.3, 0.4) is 0 Å². The Morgan fingerprint density at radius 3 is 2.36 bits per heavy atom. The minimum absolute atomic E-state index is 0.171. The molecule has 0 saturated carbocycles. The largest absolute Gasteiger partial charge is 0.370 e. The molecule has 3 aromatic rings. The number of anilines is 1. The molecule has 0 aromatic heterocycles. The summed E-state index contributed by atoms with van der Waals surface area (Å²) in [5.41, 5.74) is -1.60. The van der Waals surface area contributed by atoms with E-state index >= 15 is 0 Å². The first-order valence-corrected chi connectivity index (χ1v) is 7.69. The van der Waals surface area contributed by atoms with Crippen LogP contribution in [0.25, 0.3) is 10.8 Å². The van der Waals surface area contributed by atoms with Gasteiger partial charge in [-0.2, -0.15) is 0 Å². The Morgan fingerprint density at radius 2 is 1.64 bits per heavy atom. The monoisotopic (exact) mass is 336 g/mol. The van der Waals surface area contributed by atoms with Crippen molar-refractivity contribution in [3.63, 3.8) is 0 Å². The second-order valence-electron chi connectivity index (χ2n) is 5.70. The Labute approximate surface area is 143 Å². The summed E-state index contributed by atoms with van der Waals surface area (Å²) >= 11 is 0. The number of amides is 1. The van der Waals surface area contributed by atoms with Crippen molar-refractivity contribution in [2.75, 3.05) is 11.9 Å². The highest BCUT2D eigenvalue weighted by Crippen LogP contribution is 2.27. The van der Waals surface area contributed by atoms with Crippen LogP contribution in [0, 0.1) is 10.1 Å². The number of nitro groups is 1. The van der Waals surface area contributed by atoms with Crippen LogP contribution in [0.5, 0.6) is 0 Å². The molecule has 0 aliphatic heterocycles. The van der Waals surface area contributed by atoms with Crippen LogP contribution in [-0.4, -0.2) is 22.5 Å². The van der Waals surface area contributed by atoms with E-state index in [1.54, 1.807) is 30.3 Å². The summed E-state index contributed by atoms with van der Waals surface area (Å²) < 4.78 is 0. The number of carbonyl (C=O) groups is 1. The van der Waals surface area contributed by atoms with Gasteiger partial charge in [0.2, 0.25) is 12.1 Å². The lowest BCUT2D eigenvalue weighted by atomic mass is 9.92. The van der Waals surface area contributed by atoms with E-state index in [-0.39, 0.29) is 5.56 Å². The molecule has 1 unspecified atom stereocenters. The molecule has 0 spiro atoms. The van der Waals surface area contributed by atoms with Gasteiger partial charge in [-0.05, 0) is 17.0 Å². The SMILES string of the molecule is O=C(Nc1cccc2ccccc12)C(O)(C[N+](=O)[O-])c1ccccc1. The number of aliphatic hydroxyl groups is 1. The van der Waals surface area contributed by atoms with Gasteiger partial charge in [-0.3, -0.25) is 14.9 Å². The van der Waals surface area contributed by atoms with Crippen LogP contribution in [0.2, 0.25) is 0 Å². The highest BCUT2D eigenvalue weighted by atomic mass is 16.6. The summed E-state index contributed by atoms with van der Waals surface area (Å²) in [6.07, 6.45) is 0. The van der Waals surface area contributed by atoms with Gasteiger partial charge in [-0.25, -0.2) is 0 Å². The summed E-state index contributed by atoms with van der Waals surface area (Å²) in [7, 11) is 0. The van der Waals surface area contributed by atoms with Crippen molar-refractivity contribution >= 4 is 22.4 Å². The fourth-order valence-electron chi connectivity index (χ4n) is 2.76. The minimum atomic E-state index is -2.26. The third-order valence-electron chi connectivity index (χ3n) is 4.02. The molecule has 3 rings (SSSR count). The average Bonchev–Trinajstić information content (AvgIpc) is 2.62. The van der Waals surface area contributed by atoms with Gasteiger partial charge in [0.25, 0.3) is 5.91 Å². The second-order valence-corrected chi connectivity index (χ2v) is 5.70. The number of carbonyl (C=O) groups excluding carboxylic acids is 1. The van der Waals surface area contributed by atoms with E-state index in [2.05, 4.69) is 5.32 Å². The smallest absolute Gasteiger partial charge is 0.268 e. The molecule has 6 heteroatoms. The molecule has 0 fully saturated rings. The van der Waals surface area contributed by atoms with Gasteiger partial charge >= 0.3 is 0 Å². The first-order chi connectivity index (χ1) is 12.0. The Morgan fingerprint density at radius 1 is 1.00 bits per heavy atom. The topological polar surface area (TPSA) is 92.5 Å². The highest BCUT2D eigenvalue weighted by Gasteiger charge is 2.43. The molecule has 2 N–H and O–H groups in total. The summed E-state index contributed by atoms with van der Waals surface area (Å²) in [6, 6.07) is 20.7. The molecule has 0 aliphatic carbocycles. The standard InChI is InChI=1S/C19H16N2O4/c22-18(19(23,13-21(24)25)15-9-2-1-3-10-15)20-17-12-6-8-14-7-4-5-11-16(14)17/h1-12,23H,13H2,(H,20,22). The molecular weight excluding hydrogens is 320 g/mol. The average molecular weight is 336 g/mol. The van der Waals surface area contributed by atoms with Gasteiger partial charge in [0.05, 0.1) is 0 Å². The van der Waals surface area contributed by atoms with Crippen LogP contribution in [0.1, 0.15) is 5.56 Å². The van der Waals surface area contributed by atoms with Crippen molar-refractivity contribution in [2.24, 2.45) is 0 Å². The molecule has 1 atom stereocenters. The first kappa shape index (κ1) is 16.6. The molecule has 126 valence electrons. The number of rotatable bonds is 5. The zero-order chi connectivity index (χ0) is 17.9. The van der Waals surface area contributed by atoms with Crippen molar-refractivity contribution in [2.45, 2.75) is 5.60 Å². The van der Waals surface area contributed by atoms with Crippen LogP contribution in [0.4, 0.5) is 5.69 Å². The predicted octanol–water partition coefficient (Wildman–Crippen LogP) is 2.94. The van der Waals surface area contributed by atoms with Crippen LogP contribution >= 0.6 is 0 Å². The number of hydrogen-bond donors (Lipinski definition) is 2. The number of benzene rings is 3. The quantitative estimate of drug-likeness (QED) is 0.553. The summed E-state index contributed by atoms with van der Waals surface area (Å²) in [4.78, 5) is 23.1. The Balaban J connectivity index is 1.99. The molecule has 25 heavy (non-hydrogen) atoms. The van der Waals surface area contributed by atoms with Gasteiger partial charge in [-0.15, -0.1) is 0 Å². The van der Waals surface area contributed by atoms with Crippen molar-refractivity contribution < 1.29 is 14.8 Å². The van der Waals surface area contributed by atoms with E-state index in [0.29, 0.717) is 5.69 Å². The highest BCUT2D eigenvalue weighted by molar-refractivity contribution is 6.05. The lowest BCUT2D eigenvalue weighted by Gasteiger charge is -2.24. The molecular formula is C19H16N2O4. The number of nitrogens with zero attached hydrogens (tertiary/aromatic N) is 1. The van der Waals surface area contributed by atoms with Crippen LogP contribution < -0.4 is 5.32 Å². The molecule has 3 aromatic carbocycles. The normalized spacial score (nSPS) is 13.2. The van der Waals surface area contributed by atoms with Gasteiger partial charge < -0.3 is 10.4 Å². The maximum absolute atomic E-state index is 12.7. The number of nitrogens with one attached hydrogen (secondary N) is 1.